The predicted octanol–water partition coefficient (Wildman–Crippen LogP) is 2.53. The second-order valence-electron chi connectivity index (χ2n) is 8.03. The van der Waals surface area contributed by atoms with E-state index >= 15 is 0 Å². The fourth-order valence-electron chi connectivity index (χ4n) is 3.31. The Labute approximate surface area is 160 Å². The fourth-order valence-corrected chi connectivity index (χ4v) is 3.31. The molecule has 1 aromatic heterocycles. The third-order valence-electron chi connectivity index (χ3n) is 4.62. The van der Waals surface area contributed by atoms with Crippen molar-refractivity contribution in [1.82, 2.24) is 15.3 Å². The van der Waals surface area contributed by atoms with Gasteiger partial charge in [-0.1, -0.05) is 0 Å². The van der Waals surface area contributed by atoms with Gasteiger partial charge in [0.05, 0.1) is 13.2 Å². The molecule has 2 aliphatic rings. The highest BCUT2D eigenvalue weighted by molar-refractivity contribution is 5.68. The number of morpholine rings is 1. The third kappa shape index (κ3) is 6.23. The van der Waals surface area contributed by atoms with E-state index in [2.05, 4.69) is 20.2 Å². The molecule has 1 aliphatic heterocycles. The predicted molar refractivity (Wildman–Crippen MR) is 101 cm³/mol. The Hall–Kier alpha value is -2.09. The summed E-state index contributed by atoms with van der Waals surface area (Å²) >= 11 is 0. The topological polar surface area (TPSA) is 85.8 Å². The maximum atomic E-state index is 11.9. The summed E-state index contributed by atoms with van der Waals surface area (Å²) in [5.41, 5.74) is -0.479. The van der Waals surface area contributed by atoms with E-state index in [1.54, 1.807) is 6.20 Å². The molecule has 0 spiro atoms. The van der Waals surface area contributed by atoms with E-state index in [0.29, 0.717) is 6.01 Å². The van der Waals surface area contributed by atoms with Crippen molar-refractivity contribution in [3.8, 4) is 6.01 Å². The first-order chi connectivity index (χ1) is 12.9. The largest absolute Gasteiger partial charge is 0.460 e. The Morgan fingerprint density at radius 2 is 1.93 bits per heavy atom. The van der Waals surface area contributed by atoms with Crippen molar-refractivity contribution >= 4 is 11.9 Å². The molecule has 0 bridgehead atoms. The molecular weight excluding hydrogens is 348 g/mol. The van der Waals surface area contributed by atoms with Gasteiger partial charge in [0.15, 0.2) is 0 Å². The highest BCUT2D eigenvalue weighted by atomic mass is 16.6. The summed E-state index contributed by atoms with van der Waals surface area (Å²) in [5, 5.41) is 2.95. The molecule has 27 heavy (non-hydrogen) atoms. The number of carbonyl (C=O) groups excluding carboxylic acids is 1. The van der Waals surface area contributed by atoms with Crippen molar-refractivity contribution in [2.45, 2.75) is 64.2 Å². The Balaban J connectivity index is 1.46. The fraction of sp³-hybridized carbons (Fsp3) is 0.737. The minimum atomic E-state index is -0.479. The van der Waals surface area contributed by atoms with Gasteiger partial charge in [0.25, 0.3) is 0 Å². The summed E-state index contributed by atoms with van der Waals surface area (Å²) in [5.74, 6) is 0.878. The second kappa shape index (κ2) is 8.73. The monoisotopic (exact) mass is 378 g/mol. The molecular formula is C19H30N4O4. The Bertz CT molecular complexity index is 620. The molecule has 8 nitrogen and oxygen atoms in total. The minimum absolute atomic E-state index is 0.0709. The number of hydrogen-bond acceptors (Lipinski definition) is 7. The van der Waals surface area contributed by atoms with Gasteiger partial charge in [-0.25, -0.2) is 9.78 Å². The highest BCUT2D eigenvalue weighted by Crippen LogP contribution is 2.24. The number of amides is 1. The molecule has 8 heteroatoms. The van der Waals surface area contributed by atoms with Gasteiger partial charge in [-0.05, 0) is 52.5 Å². The van der Waals surface area contributed by atoms with Gasteiger partial charge < -0.3 is 24.4 Å². The van der Waals surface area contributed by atoms with Gasteiger partial charge in [-0.2, -0.15) is 4.98 Å². The number of nitrogens with zero attached hydrogens (tertiary/aromatic N) is 3. The van der Waals surface area contributed by atoms with E-state index in [9.17, 15) is 4.79 Å². The number of rotatable bonds is 4. The van der Waals surface area contributed by atoms with Crippen molar-refractivity contribution in [3.63, 3.8) is 0 Å². The van der Waals surface area contributed by atoms with Crippen LogP contribution in [0.25, 0.3) is 0 Å². The van der Waals surface area contributed by atoms with Crippen molar-refractivity contribution in [1.29, 1.82) is 0 Å². The zero-order chi connectivity index (χ0) is 19.3. The number of alkyl carbamates (subject to hydrolysis) is 1. The summed E-state index contributed by atoms with van der Waals surface area (Å²) < 4.78 is 16.7. The molecule has 150 valence electrons. The Kier molecular flexibility index (Phi) is 6.36. The van der Waals surface area contributed by atoms with Crippen LogP contribution in [0.15, 0.2) is 12.3 Å². The van der Waals surface area contributed by atoms with E-state index in [0.717, 1.165) is 57.8 Å². The zero-order valence-electron chi connectivity index (χ0n) is 16.4. The number of carbonyl (C=O) groups is 1. The van der Waals surface area contributed by atoms with E-state index in [1.165, 1.54) is 0 Å². The first-order valence-electron chi connectivity index (χ1n) is 9.71. The normalized spacial score (nSPS) is 23.6. The van der Waals surface area contributed by atoms with Crippen LogP contribution in [0.4, 0.5) is 10.6 Å². The number of nitrogens with one attached hydrogen (secondary N) is 1. The van der Waals surface area contributed by atoms with Gasteiger partial charge in [0, 0.05) is 25.3 Å². The second-order valence-corrected chi connectivity index (χ2v) is 8.03. The van der Waals surface area contributed by atoms with Gasteiger partial charge in [-0.15, -0.1) is 0 Å². The summed E-state index contributed by atoms with van der Waals surface area (Å²) in [6.45, 7) is 8.69. The Morgan fingerprint density at radius 3 is 2.59 bits per heavy atom. The van der Waals surface area contributed by atoms with Crippen molar-refractivity contribution in [2.24, 2.45) is 0 Å². The molecule has 3 rings (SSSR count). The van der Waals surface area contributed by atoms with Crippen LogP contribution in [0, 0.1) is 0 Å². The van der Waals surface area contributed by atoms with E-state index in [1.807, 2.05) is 26.8 Å². The molecule has 2 fully saturated rings. The van der Waals surface area contributed by atoms with Gasteiger partial charge in [-0.3, -0.25) is 0 Å². The maximum absolute atomic E-state index is 11.9. The standard InChI is InChI=1S/C19H30N4O4/c1-19(2,3)27-18(24)21-14-4-6-15(7-5-14)26-17-20-9-8-16(22-17)23-10-12-25-13-11-23/h8-9,14-15H,4-7,10-13H2,1-3H3,(H,21,24). The molecule has 2 heterocycles. The molecule has 1 aliphatic carbocycles. The van der Waals surface area contributed by atoms with E-state index < -0.39 is 5.60 Å². The lowest BCUT2D eigenvalue weighted by atomic mass is 9.93. The smallest absolute Gasteiger partial charge is 0.407 e. The lowest BCUT2D eigenvalue weighted by Gasteiger charge is -2.30. The molecule has 1 saturated heterocycles. The van der Waals surface area contributed by atoms with E-state index in [4.69, 9.17) is 14.2 Å². The summed E-state index contributed by atoms with van der Waals surface area (Å²) in [4.78, 5) is 22.9. The minimum Gasteiger partial charge on any atom is -0.460 e. The molecule has 1 saturated carbocycles. The summed E-state index contributed by atoms with van der Waals surface area (Å²) in [6, 6.07) is 2.45. The quantitative estimate of drug-likeness (QED) is 0.861. The average molecular weight is 378 g/mol. The third-order valence-corrected chi connectivity index (χ3v) is 4.62. The lowest BCUT2D eigenvalue weighted by molar-refractivity contribution is 0.0467. The average Bonchev–Trinajstić information content (AvgIpc) is 2.63. The first-order valence-corrected chi connectivity index (χ1v) is 9.71. The molecule has 1 N–H and O–H groups in total. The number of anilines is 1. The molecule has 0 aromatic carbocycles. The maximum Gasteiger partial charge on any atom is 0.407 e. The van der Waals surface area contributed by atoms with Crippen LogP contribution in [0.5, 0.6) is 6.01 Å². The van der Waals surface area contributed by atoms with Crippen LogP contribution in [0.2, 0.25) is 0 Å². The molecule has 0 radical (unpaired) electrons. The molecule has 1 aromatic rings. The van der Waals surface area contributed by atoms with E-state index in [-0.39, 0.29) is 18.2 Å². The summed E-state index contributed by atoms with van der Waals surface area (Å²) in [6.07, 6.45) is 4.87. The number of ether oxygens (including phenoxy) is 3. The van der Waals surface area contributed by atoms with Crippen LogP contribution < -0.4 is 15.0 Å². The van der Waals surface area contributed by atoms with Crippen LogP contribution in [0.3, 0.4) is 0 Å². The van der Waals surface area contributed by atoms with Crippen LogP contribution >= 0.6 is 0 Å². The molecule has 0 unspecified atom stereocenters. The van der Waals surface area contributed by atoms with Crippen molar-refractivity contribution < 1.29 is 19.0 Å². The Morgan fingerprint density at radius 1 is 1.22 bits per heavy atom. The lowest BCUT2D eigenvalue weighted by Crippen LogP contribution is -2.42. The van der Waals surface area contributed by atoms with Crippen LogP contribution in [-0.4, -0.2) is 60.1 Å². The summed E-state index contributed by atoms with van der Waals surface area (Å²) in [7, 11) is 0. The van der Waals surface area contributed by atoms with Crippen LogP contribution in [-0.2, 0) is 9.47 Å². The molecule has 1 amide bonds. The molecule has 0 atom stereocenters. The van der Waals surface area contributed by atoms with Crippen molar-refractivity contribution in [2.75, 3.05) is 31.2 Å². The number of aromatic nitrogens is 2. The van der Waals surface area contributed by atoms with Gasteiger partial charge in [0.1, 0.15) is 17.5 Å². The van der Waals surface area contributed by atoms with Crippen LogP contribution in [0.1, 0.15) is 46.5 Å². The first kappa shape index (κ1) is 19.7. The van der Waals surface area contributed by atoms with Gasteiger partial charge >= 0.3 is 12.1 Å². The zero-order valence-corrected chi connectivity index (χ0v) is 16.4. The van der Waals surface area contributed by atoms with Crippen molar-refractivity contribution in [3.05, 3.63) is 12.3 Å². The SMILES string of the molecule is CC(C)(C)OC(=O)NC1CCC(Oc2nccc(N3CCOCC3)n2)CC1. The highest BCUT2D eigenvalue weighted by Gasteiger charge is 2.26. The van der Waals surface area contributed by atoms with Gasteiger partial charge in [0.2, 0.25) is 0 Å². The number of hydrogen-bond donors (Lipinski definition) is 1.